The molecule has 0 amide bonds. The normalized spacial score (nSPS) is 17.0. The van der Waals surface area contributed by atoms with Gasteiger partial charge in [-0.05, 0) is 38.3 Å². The Hall–Kier alpha value is -1.90. The number of allylic oxidation sites excluding steroid dienone is 1. The predicted molar refractivity (Wildman–Crippen MR) is 95.4 cm³/mol. The lowest BCUT2D eigenvalue weighted by Crippen LogP contribution is -2.27. The second-order valence-electron chi connectivity index (χ2n) is 6.36. The minimum absolute atomic E-state index is 0.0206. The van der Waals surface area contributed by atoms with Crippen LogP contribution in [0.2, 0.25) is 0 Å². The predicted octanol–water partition coefficient (Wildman–Crippen LogP) is 5.21. The van der Waals surface area contributed by atoms with Gasteiger partial charge in [-0.2, -0.15) is 0 Å². The van der Waals surface area contributed by atoms with E-state index in [2.05, 4.69) is 18.8 Å². The first-order chi connectivity index (χ1) is 11.1. The molecule has 1 aliphatic heterocycles. The lowest BCUT2D eigenvalue weighted by Gasteiger charge is -2.22. The number of carbonyl (C=O) groups is 1. The molecule has 0 radical (unpaired) electrons. The van der Waals surface area contributed by atoms with E-state index < -0.39 is 0 Å². The van der Waals surface area contributed by atoms with E-state index in [0.29, 0.717) is 28.7 Å². The lowest BCUT2D eigenvalue weighted by atomic mass is 9.96. The second-order valence-corrected chi connectivity index (χ2v) is 6.36. The van der Waals surface area contributed by atoms with Crippen LogP contribution in [0.1, 0.15) is 63.7 Å². The summed E-state index contributed by atoms with van der Waals surface area (Å²) in [6.07, 6.45) is 4.71. The van der Waals surface area contributed by atoms with Gasteiger partial charge in [0.2, 0.25) is 11.7 Å². The Kier molecular flexibility index (Phi) is 6.14. The van der Waals surface area contributed by atoms with E-state index in [9.17, 15) is 4.79 Å². The summed E-state index contributed by atoms with van der Waals surface area (Å²) in [5.41, 5.74) is 2.19. The Balaban J connectivity index is 2.28. The molecule has 23 heavy (non-hydrogen) atoms. The van der Waals surface area contributed by atoms with Gasteiger partial charge in [-0.25, -0.2) is 0 Å². The van der Waals surface area contributed by atoms with Crippen LogP contribution in [0.15, 0.2) is 40.4 Å². The van der Waals surface area contributed by atoms with Crippen LogP contribution in [-0.4, -0.2) is 18.2 Å². The molecule has 3 nitrogen and oxygen atoms in total. The summed E-state index contributed by atoms with van der Waals surface area (Å²) in [7, 11) is 0. The summed E-state index contributed by atoms with van der Waals surface area (Å²) < 4.78 is 5.95. The first kappa shape index (κ1) is 17.5. The first-order valence-corrected chi connectivity index (χ1v) is 8.62. The maximum atomic E-state index is 12.7. The molecule has 1 heterocycles. The number of para-hydroxylation sites is 1. The third-order valence-corrected chi connectivity index (χ3v) is 4.32. The molecule has 1 atom stereocenters. The quantitative estimate of drug-likeness (QED) is 0.676. The van der Waals surface area contributed by atoms with E-state index in [1.165, 1.54) is 19.3 Å². The van der Waals surface area contributed by atoms with Gasteiger partial charge in [0, 0.05) is 6.54 Å². The maximum absolute atomic E-state index is 12.7. The van der Waals surface area contributed by atoms with Gasteiger partial charge in [-0.3, -0.25) is 9.79 Å². The van der Waals surface area contributed by atoms with Crippen molar-refractivity contribution >= 4 is 11.7 Å². The fourth-order valence-corrected chi connectivity index (χ4v) is 2.81. The molecule has 0 fully saturated rings. The van der Waals surface area contributed by atoms with Crippen LogP contribution in [-0.2, 0) is 0 Å². The van der Waals surface area contributed by atoms with Gasteiger partial charge in [0.15, 0.2) is 0 Å². The van der Waals surface area contributed by atoms with Crippen LogP contribution in [0.25, 0.3) is 0 Å². The number of fused-ring (bicyclic) bond motifs is 1. The Morgan fingerprint density at radius 1 is 1.22 bits per heavy atom. The molecule has 1 aliphatic rings. The maximum Gasteiger partial charge on any atom is 0.225 e. The van der Waals surface area contributed by atoms with Crippen molar-refractivity contribution in [2.75, 3.05) is 6.54 Å². The van der Waals surface area contributed by atoms with E-state index in [1.807, 2.05) is 38.1 Å². The van der Waals surface area contributed by atoms with Crippen molar-refractivity contribution in [3.63, 3.8) is 0 Å². The number of aliphatic imine (C=N–C) groups is 1. The number of hydrogen-bond donors (Lipinski definition) is 0. The van der Waals surface area contributed by atoms with Gasteiger partial charge in [-0.1, -0.05) is 50.8 Å². The van der Waals surface area contributed by atoms with Crippen molar-refractivity contribution in [1.29, 1.82) is 0 Å². The highest BCUT2D eigenvalue weighted by molar-refractivity contribution is 6.29. The monoisotopic (exact) mass is 313 g/mol. The Bertz CT molecular complexity index is 624. The Labute approximate surface area is 139 Å². The Morgan fingerprint density at radius 3 is 2.61 bits per heavy atom. The van der Waals surface area contributed by atoms with E-state index in [1.54, 1.807) is 0 Å². The zero-order valence-electron chi connectivity index (χ0n) is 14.7. The van der Waals surface area contributed by atoms with Crippen molar-refractivity contribution in [2.24, 2.45) is 10.9 Å². The van der Waals surface area contributed by atoms with Gasteiger partial charge < -0.3 is 4.74 Å². The molecular weight excluding hydrogens is 286 g/mol. The molecule has 1 aromatic rings. The van der Waals surface area contributed by atoms with Crippen LogP contribution >= 0.6 is 0 Å². The van der Waals surface area contributed by atoms with Crippen molar-refractivity contribution in [2.45, 2.75) is 53.4 Å². The molecule has 1 unspecified atom stereocenters. The molecule has 0 N–H and O–H groups in total. The minimum atomic E-state index is 0.0206. The van der Waals surface area contributed by atoms with Gasteiger partial charge in [0.05, 0.1) is 11.1 Å². The lowest BCUT2D eigenvalue weighted by molar-refractivity contribution is 0.103. The van der Waals surface area contributed by atoms with E-state index in [0.717, 1.165) is 18.5 Å². The molecule has 124 valence electrons. The van der Waals surface area contributed by atoms with Gasteiger partial charge in [0.1, 0.15) is 5.75 Å². The molecule has 0 aromatic heterocycles. The minimum Gasteiger partial charge on any atom is -0.438 e. The summed E-state index contributed by atoms with van der Waals surface area (Å²) in [5.74, 6) is 1.68. The number of unbranched alkanes of at least 4 members (excludes halogenated alkanes) is 1. The molecule has 0 bridgehead atoms. The van der Waals surface area contributed by atoms with Crippen molar-refractivity contribution < 1.29 is 9.53 Å². The average molecular weight is 313 g/mol. The smallest absolute Gasteiger partial charge is 0.225 e. The van der Waals surface area contributed by atoms with Crippen molar-refractivity contribution in [3.8, 4) is 5.75 Å². The standard InChI is InChI=1S/C20H27NO2/c1-5-7-10-15(6-2)13-21-20-18(14(3)4)19(22)16-11-8-9-12-17(16)23-20/h8-9,11-12,15H,5-7,10,13H2,1-4H3/b21-20-. The summed E-state index contributed by atoms with van der Waals surface area (Å²) in [5, 5.41) is 0. The van der Waals surface area contributed by atoms with E-state index >= 15 is 0 Å². The average Bonchev–Trinajstić information content (AvgIpc) is 2.54. The fourth-order valence-electron chi connectivity index (χ4n) is 2.81. The summed E-state index contributed by atoms with van der Waals surface area (Å²) in [6, 6.07) is 7.39. The molecule has 0 spiro atoms. The molecule has 2 rings (SSSR count). The summed E-state index contributed by atoms with van der Waals surface area (Å²) >= 11 is 0. The number of ketones is 1. The largest absolute Gasteiger partial charge is 0.438 e. The zero-order valence-corrected chi connectivity index (χ0v) is 14.7. The molecule has 0 saturated heterocycles. The van der Waals surface area contributed by atoms with Crippen LogP contribution in [0.4, 0.5) is 0 Å². The van der Waals surface area contributed by atoms with Gasteiger partial charge >= 0.3 is 0 Å². The third kappa shape index (κ3) is 4.10. The number of hydrogen-bond acceptors (Lipinski definition) is 3. The highest BCUT2D eigenvalue weighted by atomic mass is 16.5. The molecular formula is C20H27NO2. The summed E-state index contributed by atoms with van der Waals surface area (Å²) in [6.45, 7) is 9.01. The molecule has 3 heteroatoms. The number of rotatable bonds is 6. The number of carbonyl (C=O) groups excluding carboxylic acids is 1. The molecule has 1 aromatic carbocycles. The van der Waals surface area contributed by atoms with Crippen molar-refractivity contribution in [3.05, 3.63) is 41.0 Å². The van der Waals surface area contributed by atoms with E-state index in [-0.39, 0.29) is 5.78 Å². The van der Waals surface area contributed by atoms with Crippen molar-refractivity contribution in [1.82, 2.24) is 0 Å². The highest BCUT2D eigenvalue weighted by Gasteiger charge is 2.29. The van der Waals surface area contributed by atoms with Crippen LogP contribution in [0.5, 0.6) is 5.75 Å². The first-order valence-electron chi connectivity index (χ1n) is 8.62. The second kappa shape index (κ2) is 8.09. The SMILES string of the molecule is CCCCC(CC)C/N=C1\Oc2ccccc2C(=O)C1=C(C)C. The van der Waals surface area contributed by atoms with Gasteiger partial charge in [0.25, 0.3) is 0 Å². The number of ether oxygens (including phenoxy) is 1. The topological polar surface area (TPSA) is 38.7 Å². The number of nitrogens with zero attached hydrogens (tertiary/aromatic N) is 1. The number of benzene rings is 1. The van der Waals surface area contributed by atoms with Crippen LogP contribution in [0.3, 0.4) is 0 Å². The molecule has 0 aliphatic carbocycles. The summed E-state index contributed by atoms with van der Waals surface area (Å²) in [4.78, 5) is 17.4. The Morgan fingerprint density at radius 2 is 1.96 bits per heavy atom. The van der Waals surface area contributed by atoms with Gasteiger partial charge in [-0.15, -0.1) is 0 Å². The third-order valence-electron chi connectivity index (χ3n) is 4.32. The van der Waals surface area contributed by atoms with Crippen LogP contribution in [0, 0.1) is 5.92 Å². The zero-order chi connectivity index (χ0) is 16.8. The van der Waals surface area contributed by atoms with Crippen LogP contribution < -0.4 is 4.74 Å². The highest BCUT2D eigenvalue weighted by Crippen LogP contribution is 2.29. The molecule has 0 saturated carbocycles. The van der Waals surface area contributed by atoms with E-state index in [4.69, 9.17) is 4.74 Å². The fraction of sp³-hybridized carbons (Fsp3) is 0.500. The number of Topliss-reactive ketones (excluding diaryl/α,β-unsaturated/α-hetero) is 1.